The van der Waals surface area contributed by atoms with Gasteiger partial charge >= 0.3 is 0 Å². The average molecular weight is 258 g/mol. The van der Waals surface area contributed by atoms with Crippen LogP contribution in [0.25, 0.3) is 0 Å². The summed E-state index contributed by atoms with van der Waals surface area (Å²) in [7, 11) is 1.78. The Balaban J connectivity index is 3.87. The molecule has 2 atom stereocenters. The van der Waals surface area contributed by atoms with Gasteiger partial charge in [-0.05, 0) is 60.2 Å². The summed E-state index contributed by atoms with van der Waals surface area (Å²) in [6, 6.07) is 0.913. The van der Waals surface area contributed by atoms with Gasteiger partial charge in [-0.15, -0.1) is 0 Å². The van der Waals surface area contributed by atoms with E-state index in [1.54, 1.807) is 7.11 Å². The molecule has 0 amide bonds. The molecule has 0 aliphatic rings. The molecule has 3 nitrogen and oxygen atoms in total. The molecule has 0 bridgehead atoms. The maximum atomic E-state index is 5.51. The molecule has 0 saturated carbocycles. The van der Waals surface area contributed by atoms with Crippen LogP contribution in [0.3, 0.4) is 0 Å². The van der Waals surface area contributed by atoms with E-state index in [2.05, 4.69) is 51.8 Å². The first-order valence-corrected chi connectivity index (χ1v) is 7.40. The molecular formula is C15H34N2O. The molecule has 0 rings (SSSR count). The van der Waals surface area contributed by atoms with E-state index in [1.807, 2.05) is 0 Å². The van der Waals surface area contributed by atoms with Gasteiger partial charge in [0.05, 0.1) is 5.60 Å². The predicted molar refractivity (Wildman–Crippen MR) is 80.2 cm³/mol. The van der Waals surface area contributed by atoms with E-state index in [-0.39, 0.29) is 5.60 Å². The van der Waals surface area contributed by atoms with Gasteiger partial charge in [0.25, 0.3) is 0 Å². The number of nitrogens with one attached hydrogen (secondary N) is 1. The molecule has 0 radical (unpaired) electrons. The van der Waals surface area contributed by atoms with Crippen molar-refractivity contribution in [2.75, 3.05) is 26.7 Å². The van der Waals surface area contributed by atoms with Crippen LogP contribution in [0.2, 0.25) is 0 Å². The van der Waals surface area contributed by atoms with Gasteiger partial charge in [0.1, 0.15) is 0 Å². The Labute approximate surface area is 114 Å². The first-order valence-electron chi connectivity index (χ1n) is 7.40. The highest BCUT2D eigenvalue weighted by Crippen LogP contribution is 2.14. The second-order valence-corrected chi connectivity index (χ2v) is 5.77. The molecule has 0 aromatic heterocycles. The van der Waals surface area contributed by atoms with E-state index >= 15 is 0 Å². The van der Waals surface area contributed by atoms with Crippen molar-refractivity contribution in [3.05, 3.63) is 0 Å². The van der Waals surface area contributed by atoms with Gasteiger partial charge in [0.15, 0.2) is 0 Å². The molecule has 0 aromatic carbocycles. The largest absolute Gasteiger partial charge is 0.377 e. The second-order valence-electron chi connectivity index (χ2n) is 5.77. The fraction of sp³-hybridized carbons (Fsp3) is 1.00. The van der Waals surface area contributed by atoms with Crippen molar-refractivity contribution in [3.63, 3.8) is 0 Å². The maximum Gasteiger partial charge on any atom is 0.0772 e. The minimum Gasteiger partial charge on any atom is -0.377 e. The third-order valence-electron chi connectivity index (χ3n) is 4.11. The van der Waals surface area contributed by atoms with E-state index in [9.17, 15) is 0 Å². The monoisotopic (exact) mass is 258 g/mol. The van der Waals surface area contributed by atoms with Gasteiger partial charge in [0, 0.05) is 19.2 Å². The fourth-order valence-electron chi connectivity index (χ4n) is 2.05. The first-order chi connectivity index (χ1) is 8.37. The van der Waals surface area contributed by atoms with E-state index in [0.717, 1.165) is 13.1 Å². The summed E-state index contributed by atoms with van der Waals surface area (Å²) in [4.78, 5) is 2.48. The zero-order valence-corrected chi connectivity index (χ0v) is 13.5. The topological polar surface area (TPSA) is 24.5 Å². The average Bonchev–Trinajstić information content (AvgIpc) is 2.34. The molecule has 1 N–H and O–H groups in total. The number of ether oxygens (including phenoxy) is 1. The highest BCUT2D eigenvalue weighted by atomic mass is 16.5. The Morgan fingerprint density at radius 2 is 1.72 bits per heavy atom. The number of nitrogens with zero attached hydrogens (tertiary/aromatic N) is 1. The Kier molecular flexibility index (Phi) is 8.83. The van der Waals surface area contributed by atoms with Crippen molar-refractivity contribution >= 4 is 0 Å². The van der Waals surface area contributed by atoms with Crippen LogP contribution >= 0.6 is 0 Å². The van der Waals surface area contributed by atoms with Gasteiger partial charge in [0.2, 0.25) is 0 Å². The summed E-state index contributed by atoms with van der Waals surface area (Å²) in [5, 5.41) is 3.64. The Hall–Kier alpha value is -0.120. The normalized spacial score (nSPS) is 16.0. The molecule has 0 fully saturated rings. The molecule has 0 heterocycles. The summed E-state index contributed by atoms with van der Waals surface area (Å²) in [5.74, 6) is 0. The molecule has 3 heteroatoms. The fourth-order valence-corrected chi connectivity index (χ4v) is 2.05. The molecular weight excluding hydrogens is 224 g/mol. The zero-order valence-electron chi connectivity index (χ0n) is 13.5. The third kappa shape index (κ3) is 6.72. The predicted octanol–water partition coefficient (Wildman–Crippen LogP) is 2.90. The van der Waals surface area contributed by atoms with E-state index in [1.165, 1.54) is 19.4 Å². The SMILES string of the molecule is CCN(CC)CCCC(C)NC(C)C(C)(C)OC. The molecule has 2 unspecified atom stereocenters. The van der Waals surface area contributed by atoms with E-state index in [4.69, 9.17) is 4.74 Å². The van der Waals surface area contributed by atoms with Crippen molar-refractivity contribution in [1.82, 2.24) is 10.2 Å². The summed E-state index contributed by atoms with van der Waals surface area (Å²) in [6.07, 6.45) is 2.48. The van der Waals surface area contributed by atoms with Crippen LogP contribution in [0.15, 0.2) is 0 Å². The molecule has 18 heavy (non-hydrogen) atoms. The zero-order chi connectivity index (χ0) is 14.2. The summed E-state index contributed by atoms with van der Waals surface area (Å²) in [6.45, 7) is 16.7. The van der Waals surface area contributed by atoms with Crippen molar-refractivity contribution in [1.29, 1.82) is 0 Å². The summed E-state index contributed by atoms with van der Waals surface area (Å²) >= 11 is 0. The Morgan fingerprint density at radius 1 is 1.17 bits per heavy atom. The van der Waals surface area contributed by atoms with Crippen LogP contribution in [0.5, 0.6) is 0 Å². The molecule has 110 valence electrons. The van der Waals surface area contributed by atoms with Crippen LogP contribution in [0.1, 0.15) is 54.4 Å². The first kappa shape index (κ1) is 17.9. The minimum absolute atomic E-state index is 0.104. The van der Waals surface area contributed by atoms with Gasteiger partial charge in [-0.2, -0.15) is 0 Å². The van der Waals surface area contributed by atoms with Gasteiger partial charge in [-0.25, -0.2) is 0 Å². The molecule has 0 aromatic rings. The number of hydrogen-bond donors (Lipinski definition) is 1. The van der Waals surface area contributed by atoms with Crippen molar-refractivity contribution in [2.24, 2.45) is 0 Å². The van der Waals surface area contributed by atoms with Crippen LogP contribution < -0.4 is 5.32 Å². The van der Waals surface area contributed by atoms with Crippen molar-refractivity contribution in [3.8, 4) is 0 Å². The van der Waals surface area contributed by atoms with Crippen LogP contribution in [0.4, 0.5) is 0 Å². The lowest BCUT2D eigenvalue weighted by Gasteiger charge is -2.33. The van der Waals surface area contributed by atoms with Crippen LogP contribution in [0, 0.1) is 0 Å². The highest BCUT2D eigenvalue weighted by molar-refractivity contribution is 4.83. The van der Waals surface area contributed by atoms with Crippen molar-refractivity contribution < 1.29 is 4.74 Å². The standard InChI is InChI=1S/C15H34N2O/c1-8-17(9-2)12-10-11-13(3)16-14(4)15(5,6)18-7/h13-14,16H,8-12H2,1-7H3. The number of rotatable bonds is 10. The smallest absolute Gasteiger partial charge is 0.0772 e. The quantitative estimate of drug-likeness (QED) is 0.652. The summed E-state index contributed by atoms with van der Waals surface area (Å²) in [5.41, 5.74) is -0.104. The highest BCUT2D eigenvalue weighted by Gasteiger charge is 2.25. The Bertz CT molecular complexity index is 203. The number of hydrogen-bond acceptors (Lipinski definition) is 3. The molecule has 0 spiro atoms. The van der Waals surface area contributed by atoms with Gasteiger partial charge in [-0.1, -0.05) is 13.8 Å². The van der Waals surface area contributed by atoms with E-state index < -0.39 is 0 Å². The van der Waals surface area contributed by atoms with Crippen LogP contribution in [-0.2, 0) is 4.74 Å². The summed E-state index contributed by atoms with van der Waals surface area (Å²) < 4.78 is 5.51. The molecule has 0 aliphatic heterocycles. The van der Waals surface area contributed by atoms with Crippen LogP contribution in [-0.4, -0.2) is 49.3 Å². The molecule has 0 aliphatic carbocycles. The second kappa shape index (κ2) is 8.89. The van der Waals surface area contributed by atoms with Gasteiger partial charge < -0.3 is 15.0 Å². The van der Waals surface area contributed by atoms with Gasteiger partial charge in [-0.3, -0.25) is 0 Å². The lowest BCUT2D eigenvalue weighted by atomic mass is 9.99. The van der Waals surface area contributed by atoms with E-state index in [0.29, 0.717) is 12.1 Å². The third-order valence-corrected chi connectivity index (χ3v) is 4.11. The number of methoxy groups -OCH3 is 1. The minimum atomic E-state index is -0.104. The Morgan fingerprint density at radius 3 is 2.17 bits per heavy atom. The molecule has 0 saturated heterocycles. The lowest BCUT2D eigenvalue weighted by molar-refractivity contribution is -0.00790. The van der Waals surface area contributed by atoms with Crippen molar-refractivity contribution in [2.45, 2.75) is 72.1 Å². The maximum absolute atomic E-state index is 5.51. The lowest BCUT2D eigenvalue weighted by Crippen LogP contribution is -2.49.